The molecule has 17 heavy (non-hydrogen) atoms. The third-order valence-electron chi connectivity index (χ3n) is 2.59. The number of hydrogen-bond donors (Lipinski definition) is 2. The van der Waals surface area contributed by atoms with Crippen molar-refractivity contribution in [1.82, 2.24) is 9.88 Å². The normalized spacial score (nSPS) is 12.2. The lowest BCUT2D eigenvalue weighted by atomic mass is 10.1. The van der Waals surface area contributed by atoms with Crippen molar-refractivity contribution in [3.05, 3.63) is 34.2 Å². The zero-order valence-electron chi connectivity index (χ0n) is 10.3. The number of amides is 1. The third kappa shape index (κ3) is 4.03. The van der Waals surface area contributed by atoms with Crippen LogP contribution in [0.1, 0.15) is 30.1 Å². The molecule has 0 saturated heterocycles. The summed E-state index contributed by atoms with van der Waals surface area (Å²) in [5.74, 6) is -0.216. The van der Waals surface area contributed by atoms with E-state index in [2.05, 4.69) is 5.32 Å². The first-order chi connectivity index (χ1) is 8.04. The van der Waals surface area contributed by atoms with Crippen molar-refractivity contribution in [2.75, 3.05) is 6.54 Å². The lowest BCUT2D eigenvalue weighted by Crippen LogP contribution is -2.33. The molecule has 0 aliphatic rings. The molecule has 94 valence electrons. The largest absolute Gasteiger partial charge is 0.350 e. The van der Waals surface area contributed by atoms with E-state index in [4.69, 9.17) is 5.73 Å². The number of carbonyl (C=O) groups excluding carboxylic acids is 1. The summed E-state index contributed by atoms with van der Waals surface area (Å²) < 4.78 is 1.43. The Kier molecular flexibility index (Phi) is 4.90. The second kappa shape index (κ2) is 6.20. The van der Waals surface area contributed by atoms with Gasteiger partial charge in [0.05, 0.1) is 0 Å². The van der Waals surface area contributed by atoms with Crippen LogP contribution in [0.3, 0.4) is 0 Å². The number of pyridine rings is 1. The molecule has 0 aromatic carbocycles. The van der Waals surface area contributed by atoms with Gasteiger partial charge in [0.25, 0.3) is 11.5 Å². The van der Waals surface area contributed by atoms with Crippen LogP contribution in [0, 0.1) is 0 Å². The summed E-state index contributed by atoms with van der Waals surface area (Å²) in [4.78, 5) is 23.2. The Balaban J connectivity index is 2.63. The third-order valence-corrected chi connectivity index (χ3v) is 2.59. The summed E-state index contributed by atoms with van der Waals surface area (Å²) in [5, 5.41) is 2.84. The first-order valence-corrected chi connectivity index (χ1v) is 5.72. The van der Waals surface area contributed by atoms with E-state index < -0.39 is 0 Å². The number of aryl methyl sites for hydroxylation is 1. The molecular formula is C12H19N3O2. The second-order valence-electron chi connectivity index (χ2n) is 4.17. The molecule has 1 atom stereocenters. The molecule has 5 heteroatoms. The molecule has 0 aliphatic heterocycles. The van der Waals surface area contributed by atoms with Gasteiger partial charge >= 0.3 is 0 Å². The Morgan fingerprint density at radius 1 is 1.59 bits per heavy atom. The van der Waals surface area contributed by atoms with Gasteiger partial charge in [0.2, 0.25) is 0 Å². The van der Waals surface area contributed by atoms with Crippen molar-refractivity contribution < 1.29 is 4.79 Å². The van der Waals surface area contributed by atoms with Crippen molar-refractivity contribution in [3.63, 3.8) is 0 Å². The SMILES string of the molecule is CC(CCCN)NC(=O)c1ccn(C)c(=O)c1. The first-order valence-electron chi connectivity index (χ1n) is 5.72. The fourth-order valence-corrected chi connectivity index (χ4v) is 1.49. The van der Waals surface area contributed by atoms with Gasteiger partial charge in [-0.15, -0.1) is 0 Å². The molecule has 0 aliphatic carbocycles. The molecule has 0 fully saturated rings. The zero-order valence-corrected chi connectivity index (χ0v) is 10.3. The molecular weight excluding hydrogens is 218 g/mol. The van der Waals surface area contributed by atoms with Gasteiger partial charge in [-0.1, -0.05) is 0 Å². The highest BCUT2D eigenvalue weighted by Crippen LogP contribution is 1.99. The van der Waals surface area contributed by atoms with Gasteiger partial charge < -0.3 is 15.6 Å². The van der Waals surface area contributed by atoms with Gasteiger partial charge in [-0.3, -0.25) is 9.59 Å². The number of carbonyl (C=O) groups is 1. The minimum atomic E-state index is -0.216. The molecule has 1 rings (SSSR count). The standard InChI is InChI=1S/C12H19N3O2/c1-9(4-3-6-13)14-12(17)10-5-7-15(2)11(16)8-10/h5,7-9H,3-4,6,13H2,1-2H3,(H,14,17). The zero-order chi connectivity index (χ0) is 12.8. The van der Waals surface area contributed by atoms with E-state index in [0.717, 1.165) is 12.8 Å². The molecule has 0 spiro atoms. The second-order valence-corrected chi connectivity index (χ2v) is 4.17. The molecule has 1 heterocycles. The lowest BCUT2D eigenvalue weighted by molar-refractivity contribution is 0.0938. The van der Waals surface area contributed by atoms with Crippen LogP contribution in [0.25, 0.3) is 0 Å². The summed E-state index contributed by atoms with van der Waals surface area (Å²) in [6.07, 6.45) is 3.30. The van der Waals surface area contributed by atoms with E-state index in [0.29, 0.717) is 12.1 Å². The van der Waals surface area contributed by atoms with Crippen LogP contribution in [-0.4, -0.2) is 23.1 Å². The van der Waals surface area contributed by atoms with Gasteiger partial charge in [-0.2, -0.15) is 0 Å². The van der Waals surface area contributed by atoms with E-state index in [1.165, 1.54) is 10.6 Å². The summed E-state index contributed by atoms with van der Waals surface area (Å²) >= 11 is 0. The predicted molar refractivity (Wildman–Crippen MR) is 66.9 cm³/mol. The van der Waals surface area contributed by atoms with Crippen LogP contribution in [0.2, 0.25) is 0 Å². The fourth-order valence-electron chi connectivity index (χ4n) is 1.49. The summed E-state index contributed by atoms with van der Waals surface area (Å²) in [6, 6.07) is 3.03. The molecule has 5 nitrogen and oxygen atoms in total. The van der Waals surface area contributed by atoms with Crippen molar-refractivity contribution >= 4 is 5.91 Å². The van der Waals surface area contributed by atoms with Crippen LogP contribution in [-0.2, 0) is 7.05 Å². The Hall–Kier alpha value is -1.62. The monoisotopic (exact) mass is 237 g/mol. The number of hydrogen-bond acceptors (Lipinski definition) is 3. The molecule has 1 aromatic heterocycles. The average Bonchev–Trinajstić information content (AvgIpc) is 2.30. The van der Waals surface area contributed by atoms with Crippen LogP contribution < -0.4 is 16.6 Å². The number of nitrogens with two attached hydrogens (primary N) is 1. The molecule has 0 saturated carbocycles. The van der Waals surface area contributed by atoms with Gasteiger partial charge in [0, 0.05) is 30.9 Å². The van der Waals surface area contributed by atoms with Gasteiger partial charge in [0.15, 0.2) is 0 Å². The molecule has 1 aromatic rings. The smallest absolute Gasteiger partial charge is 0.251 e. The highest BCUT2D eigenvalue weighted by atomic mass is 16.2. The Labute approximate surface area is 101 Å². The number of rotatable bonds is 5. The van der Waals surface area contributed by atoms with Crippen LogP contribution in [0.4, 0.5) is 0 Å². The number of aromatic nitrogens is 1. The topological polar surface area (TPSA) is 77.1 Å². The van der Waals surface area contributed by atoms with Crippen molar-refractivity contribution in [2.24, 2.45) is 12.8 Å². The van der Waals surface area contributed by atoms with Gasteiger partial charge in [-0.05, 0) is 32.4 Å². The van der Waals surface area contributed by atoms with E-state index in [1.54, 1.807) is 19.3 Å². The molecule has 0 bridgehead atoms. The van der Waals surface area contributed by atoms with Gasteiger partial charge in [-0.25, -0.2) is 0 Å². The quantitative estimate of drug-likeness (QED) is 0.770. The predicted octanol–water partition coefficient (Wildman–Crippen LogP) is 0.243. The van der Waals surface area contributed by atoms with E-state index in [-0.39, 0.29) is 17.5 Å². The van der Waals surface area contributed by atoms with E-state index in [9.17, 15) is 9.59 Å². The minimum Gasteiger partial charge on any atom is -0.350 e. The molecule has 0 radical (unpaired) electrons. The van der Waals surface area contributed by atoms with E-state index in [1.807, 2.05) is 6.92 Å². The van der Waals surface area contributed by atoms with Crippen molar-refractivity contribution in [3.8, 4) is 0 Å². The number of nitrogens with one attached hydrogen (secondary N) is 1. The van der Waals surface area contributed by atoms with Crippen LogP contribution in [0.15, 0.2) is 23.1 Å². The highest BCUT2D eigenvalue weighted by Gasteiger charge is 2.09. The average molecular weight is 237 g/mol. The van der Waals surface area contributed by atoms with Crippen LogP contribution >= 0.6 is 0 Å². The maximum Gasteiger partial charge on any atom is 0.251 e. The maximum absolute atomic E-state index is 11.8. The number of nitrogens with zero attached hydrogens (tertiary/aromatic N) is 1. The Morgan fingerprint density at radius 3 is 2.88 bits per heavy atom. The highest BCUT2D eigenvalue weighted by molar-refractivity contribution is 5.94. The maximum atomic E-state index is 11.8. The molecule has 3 N–H and O–H groups in total. The van der Waals surface area contributed by atoms with Crippen molar-refractivity contribution in [2.45, 2.75) is 25.8 Å². The Morgan fingerprint density at radius 2 is 2.29 bits per heavy atom. The Bertz CT molecular complexity index is 440. The van der Waals surface area contributed by atoms with Crippen LogP contribution in [0.5, 0.6) is 0 Å². The minimum absolute atomic E-state index is 0.0649. The lowest BCUT2D eigenvalue weighted by Gasteiger charge is -2.13. The van der Waals surface area contributed by atoms with E-state index >= 15 is 0 Å². The fraction of sp³-hybridized carbons (Fsp3) is 0.500. The molecule has 1 amide bonds. The molecule has 1 unspecified atom stereocenters. The summed E-state index contributed by atoms with van der Waals surface area (Å²) in [6.45, 7) is 2.54. The van der Waals surface area contributed by atoms with Gasteiger partial charge in [0.1, 0.15) is 0 Å². The first kappa shape index (κ1) is 13.4. The summed E-state index contributed by atoms with van der Waals surface area (Å²) in [7, 11) is 1.65. The summed E-state index contributed by atoms with van der Waals surface area (Å²) in [5.41, 5.74) is 5.61. The van der Waals surface area contributed by atoms with Crippen molar-refractivity contribution in [1.29, 1.82) is 0 Å².